The Morgan fingerprint density at radius 2 is 1.65 bits per heavy atom. The fourth-order valence-electron chi connectivity index (χ4n) is 4.27. The van der Waals surface area contributed by atoms with Gasteiger partial charge in [-0.25, -0.2) is 4.39 Å². The Hall–Kier alpha value is -4.13. The van der Waals surface area contributed by atoms with Crippen LogP contribution in [0.25, 0.3) is 5.76 Å². The van der Waals surface area contributed by atoms with E-state index in [0.29, 0.717) is 17.0 Å². The van der Waals surface area contributed by atoms with E-state index in [1.54, 1.807) is 36.4 Å². The zero-order valence-electron chi connectivity index (χ0n) is 19.3. The number of halogens is 1. The van der Waals surface area contributed by atoms with Gasteiger partial charge in [0.25, 0.3) is 11.7 Å². The molecule has 1 amide bonds. The summed E-state index contributed by atoms with van der Waals surface area (Å²) in [5, 5.41) is 11.3. The standard InChI is InChI=1S/C27H24FNO5/c1-15-8-7-10-20(16(15)2)29-24(18-9-5-6-11-21(18)33-3)23(26(31)27(29)32)25(30)19-14-17(28)12-13-22(19)34-4/h5-14,24,30H,1-4H3/b25-23+. The molecule has 3 aromatic rings. The Morgan fingerprint density at radius 1 is 0.941 bits per heavy atom. The second kappa shape index (κ2) is 9.02. The van der Waals surface area contributed by atoms with Crippen molar-refractivity contribution in [2.75, 3.05) is 19.1 Å². The molecule has 0 radical (unpaired) electrons. The summed E-state index contributed by atoms with van der Waals surface area (Å²) in [6.45, 7) is 3.77. The van der Waals surface area contributed by atoms with Gasteiger partial charge in [0.15, 0.2) is 0 Å². The van der Waals surface area contributed by atoms with E-state index in [1.165, 1.54) is 31.3 Å². The number of amides is 1. The third-order valence-electron chi connectivity index (χ3n) is 6.13. The number of nitrogens with zero attached hydrogens (tertiary/aromatic N) is 1. The SMILES string of the molecule is COc1ccc(F)cc1/C(O)=C1\C(=O)C(=O)N(c2cccc(C)c2C)C1c1ccccc1OC. The number of ketones is 1. The number of para-hydroxylation sites is 1. The average molecular weight is 461 g/mol. The molecule has 1 unspecified atom stereocenters. The Balaban J connectivity index is 2.06. The van der Waals surface area contributed by atoms with Crippen LogP contribution in [0.4, 0.5) is 10.1 Å². The summed E-state index contributed by atoms with van der Waals surface area (Å²) >= 11 is 0. The molecule has 0 saturated carbocycles. The van der Waals surface area contributed by atoms with Crippen LogP contribution in [-0.4, -0.2) is 31.0 Å². The second-order valence-corrected chi connectivity index (χ2v) is 7.97. The van der Waals surface area contributed by atoms with Crippen LogP contribution in [0.5, 0.6) is 11.5 Å². The van der Waals surface area contributed by atoms with Gasteiger partial charge in [0, 0.05) is 11.3 Å². The molecule has 1 aliphatic rings. The first-order valence-electron chi connectivity index (χ1n) is 10.6. The molecule has 0 bridgehead atoms. The molecule has 1 N–H and O–H groups in total. The number of benzene rings is 3. The molecule has 1 heterocycles. The van der Waals surface area contributed by atoms with Crippen LogP contribution < -0.4 is 14.4 Å². The summed E-state index contributed by atoms with van der Waals surface area (Å²) in [5.41, 5.74) is 2.57. The maximum absolute atomic E-state index is 14.1. The summed E-state index contributed by atoms with van der Waals surface area (Å²) in [6, 6.07) is 15.0. The second-order valence-electron chi connectivity index (χ2n) is 7.97. The van der Waals surface area contributed by atoms with Crippen LogP contribution in [0.1, 0.15) is 28.3 Å². The van der Waals surface area contributed by atoms with Crippen LogP contribution in [-0.2, 0) is 9.59 Å². The van der Waals surface area contributed by atoms with Gasteiger partial charge in [-0.3, -0.25) is 14.5 Å². The van der Waals surface area contributed by atoms with Crippen molar-refractivity contribution in [3.8, 4) is 11.5 Å². The minimum atomic E-state index is -1.01. The molecule has 4 rings (SSSR count). The number of aryl methyl sites for hydroxylation is 1. The average Bonchev–Trinajstić information content (AvgIpc) is 3.10. The molecule has 34 heavy (non-hydrogen) atoms. The zero-order valence-corrected chi connectivity index (χ0v) is 19.3. The van der Waals surface area contributed by atoms with Gasteiger partial charge in [-0.2, -0.15) is 0 Å². The van der Waals surface area contributed by atoms with Crippen molar-refractivity contribution in [3.63, 3.8) is 0 Å². The highest BCUT2D eigenvalue weighted by atomic mass is 19.1. The van der Waals surface area contributed by atoms with Crippen molar-refractivity contribution < 1.29 is 28.6 Å². The third-order valence-corrected chi connectivity index (χ3v) is 6.13. The Morgan fingerprint density at radius 3 is 2.35 bits per heavy atom. The molecule has 3 aromatic carbocycles. The molecule has 1 aliphatic heterocycles. The summed E-state index contributed by atoms with van der Waals surface area (Å²) in [5.74, 6) is -2.25. The van der Waals surface area contributed by atoms with Gasteiger partial charge >= 0.3 is 0 Å². The number of carbonyl (C=O) groups excluding carboxylic acids is 2. The first-order chi connectivity index (χ1) is 16.3. The molecule has 0 spiro atoms. The number of Topliss-reactive ketones (excluding diaryl/α,β-unsaturated/α-hetero) is 1. The number of anilines is 1. The smallest absolute Gasteiger partial charge is 0.300 e. The topological polar surface area (TPSA) is 76.1 Å². The number of hydrogen-bond donors (Lipinski definition) is 1. The Bertz CT molecular complexity index is 1330. The molecule has 1 saturated heterocycles. The van der Waals surface area contributed by atoms with E-state index in [9.17, 15) is 19.1 Å². The monoisotopic (exact) mass is 461 g/mol. The fourth-order valence-corrected chi connectivity index (χ4v) is 4.27. The Kier molecular flexibility index (Phi) is 6.11. The lowest BCUT2D eigenvalue weighted by atomic mass is 9.93. The summed E-state index contributed by atoms with van der Waals surface area (Å²) in [6.07, 6.45) is 0. The van der Waals surface area contributed by atoms with Crippen LogP contribution in [0.3, 0.4) is 0 Å². The normalized spacial score (nSPS) is 17.2. The largest absolute Gasteiger partial charge is 0.507 e. The maximum Gasteiger partial charge on any atom is 0.300 e. The number of hydrogen-bond acceptors (Lipinski definition) is 5. The summed E-state index contributed by atoms with van der Waals surface area (Å²) in [7, 11) is 2.86. The quantitative estimate of drug-likeness (QED) is 0.326. The van der Waals surface area contributed by atoms with Crippen molar-refractivity contribution in [2.45, 2.75) is 19.9 Å². The van der Waals surface area contributed by atoms with Gasteiger partial charge in [0.2, 0.25) is 0 Å². The number of carbonyl (C=O) groups is 2. The van der Waals surface area contributed by atoms with Crippen LogP contribution in [0.15, 0.2) is 66.2 Å². The minimum absolute atomic E-state index is 0.0265. The number of aliphatic hydroxyl groups is 1. The first kappa shape index (κ1) is 23.0. The van der Waals surface area contributed by atoms with Crippen molar-refractivity contribution >= 4 is 23.1 Å². The van der Waals surface area contributed by atoms with Gasteiger partial charge in [0.1, 0.15) is 23.1 Å². The highest BCUT2D eigenvalue weighted by Gasteiger charge is 2.48. The molecular weight excluding hydrogens is 437 g/mol. The van der Waals surface area contributed by atoms with E-state index in [4.69, 9.17) is 9.47 Å². The Labute approximate surface area is 196 Å². The fraction of sp³-hybridized carbons (Fsp3) is 0.185. The van der Waals surface area contributed by atoms with Gasteiger partial charge in [-0.05, 0) is 55.3 Å². The van der Waals surface area contributed by atoms with E-state index < -0.39 is 29.3 Å². The molecule has 0 aliphatic carbocycles. The van der Waals surface area contributed by atoms with Gasteiger partial charge in [-0.1, -0.05) is 30.3 Å². The van der Waals surface area contributed by atoms with Crippen LogP contribution in [0.2, 0.25) is 0 Å². The predicted octanol–water partition coefficient (Wildman–Crippen LogP) is 5.09. The molecule has 0 aromatic heterocycles. The van der Waals surface area contributed by atoms with E-state index in [0.717, 1.165) is 17.2 Å². The highest BCUT2D eigenvalue weighted by molar-refractivity contribution is 6.52. The zero-order chi connectivity index (χ0) is 24.6. The van der Waals surface area contributed by atoms with Crippen molar-refractivity contribution in [3.05, 3.63) is 94.3 Å². The maximum atomic E-state index is 14.1. The van der Waals surface area contributed by atoms with Gasteiger partial charge in [-0.15, -0.1) is 0 Å². The number of aliphatic hydroxyl groups excluding tert-OH is 1. The van der Waals surface area contributed by atoms with E-state index >= 15 is 0 Å². The molecule has 6 nitrogen and oxygen atoms in total. The lowest BCUT2D eigenvalue weighted by Crippen LogP contribution is -2.30. The molecule has 174 valence electrons. The lowest BCUT2D eigenvalue weighted by Gasteiger charge is -2.28. The van der Waals surface area contributed by atoms with E-state index in [2.05, 4.69) is 0 Å². The minimum Gasteiger partial charge on any atom is -0.507 e. The number of ether oxygens (including phenoxy) is 2. The van der Waals surface area contributed by atoms with Crippen molar-refractivity contribution in [2.24, 2.45) is 0 Å². The summed E-state index contributed by atoms with van der Waals surface area (Å²) in [4.78, 5) is 28.1. The van der Waals surface area contributed by atoms with Gasteiger partial charge in [0.05, 0.1) is 31.4 Å². The number of rotatable bonds is 5. The van der Waals surface area contributed by atoms with Crippen molar-refractivity contribution in [1.82, 2.24) is 0 Å². The van der Waals surface area contributed by atoms with Crippen molar-refractivity contribution in [1.29, 1.82) is 0 Å². The molecule has 1 fully saturated rings. The molecule has 7 heteroatoms. The van der Waals surface area contributed by atoms with E-state index in [1.807, 2.05) is 19.9 Å². The predicted molar refractivity (Wildman–Crippen MR) is 127 cm³/mol. The lowest BCUT2D eigenvalue weighted by molar-refractivity contribution is -0.132. The van der Waals surface area contributed by atoms with E-state index in [-0.39, 0.29) is 16.9 Å². The highest BCUT2D eigenvalue weighted by Crippen LogP contribution is 2.46. The van der Waals surface area contributed by atoms with Crippen LogP contribution >= 0.6 is 0 Å². The molecular formula is C27H24FNO5. The first-order valence-corrected chi connectivity index (χ1v) is 10.6. The number of methoxy groups -OCH3 is 2. The van der Waals surface area contributed by atoms with Gasteiger partial charge < -0.3 is 14.6 Å². The molecule has 1 atom stereocenters. The summed E-state index contributed by atoms with van der Waals surface area (Å²) < 4.78 is 24.9. The third kappa shape index (κ3) is 3.69. The van der Waals surface area contributed by atoms with Crippen LogP contribution in [0, 0.1) is 19.7 Å².